The van der Waals surface area contributed by atoms with Gasteiger partial charge in [-0.15, -0.1) is 0 Å². The van der Waals surface area contributed by atoms with E-state index in [1.54, 1.807) is 13.8 Å². The molecule has 1 atom stereocenters. The summed E-state index contributed by atoms with van der Waals surface area (Å²) in [6, 6.07) is 7.90. The van der Waals surface area contributed by atoms with Crippen molar-refractivity contribution < 1.29 is 18.3 Å². The van der Waals surface area contributed by atoms with Crippen molar-refractivity contribution in [3.63, 3.8) is 0 Å². The Morgan fingerprint density at radius 2 is 1.71 bits per heavy atom. The molecule has 0 saturated carbocycles. The lowest BCUT2D eigenvalue weighted by Gasteiger charge is -2.36. The van der Waals surface area contributed by atoms with E-state index in [0.717, 1.165) is 10.2 Å². The number of anilines is 1. The number of sulfonamides is 1. The highest BCUT2D eigenvalue weighted by Gasteiger charge is 2.33. The van der Waals surface area contributed by atoms with E-state index in [1.165, 1.54) is 4.31 Å². The van der Waals surface area contributed by atoms with Crippen molar-refractivity contribution in [2.24, 2.45) is 11.8 Å². The van der Waals surface area contributed by atoms with Crippen molar-refractivity contribution >= 4 is 37.6 Å². The lowest BCUT2D eigenvalue weighted by molar-refractivity contribution is -0.142. The van der Waals surface area contributed by atoms with Gasteiger partial charge < -0.3 is 10.0 Å². The maximum absolute atomic E-state index is 12.5. The highest BCUT2D eigenvalue weighted by Crippen LogP contribution is 2.22. The first-order valence-corrected chi connectivity index (χ1v) is 10.3. The fourth-order valence-electron chi connectivity index (χ4n) is 2.76. The molecule has 0 aliphatic carbocycles. The van der Waals surface area contributed by atoms with Crippen molar-refractivity contribution in [1.82, 2.24) is 4.31 Å². The van der Waals surface area contributed by atoms with Gasteiger partial charge in [0.25, 0.3) is 0 Å². The summed E-state index contributed by atoms with van der Waals surface area (Å²) in [7, 11) is -3.57. The van der Waals surface area contributed by atoms with Gasteiger partial charge in [0.15, 0.2) is 0 Å². The summed E-state index contributed by atoms with van der Waals surface area (Å²) in [5.74, 6) is -2.49. The molecule has 2 rings (SSSR count). The first kappa shape index (κ1) is 19.2. The lowest BCUT2D eigenvalue weighted by Crippen LogP contribution is -2.50. The van der Waals surface area contributed by atoms with Crippen molar-refractivity contribution in [3.8, 4) is 0 Å². The predicted molar refractivity (Wildman–Crippen MR) is 97.7 cm³/mol. The third kappa shape index (κ3) is 4.70. The van der Waals surface area contributed by atoms with Crippen LogP contribution in [0.4, 0.5) is 5.69 Å². The van der Waals surface area contributed by atoms with Crippen LogP contribution in [-0.4, -0.2) is 55.7 Å². The fraction of sp³-hybridized carbons (Fsp3) is 0.562. The molecule has 0 aromatic heterocycles. The number of hydrogen-bond acceptors (Lipinski definition) is 4. The predicted octanol–water partition coefficient (Wildman–Crippen LogP) is 2.26. The summed E-state index contributed by atoms with van der Waals surface area (Å²) < 4.78 is 27.5. The molecule has 24 heavy (non-hydrogen) atoms. The van der Waals surface area contributed by atoms with Crippen LogP contribution in [0.15, 0.2) is 28.7 Å². The minimum atomic E-state index is -3.57. The van der Waals surface area contributed by atoms with Crippen LogP contribution >= 0.6 is 15.9 Å². The summed E-state index contributed by atoms with van der Waals surface area (Å²) >= 11 is 3.40. The molecular formula is C16H23BrN2O4S. The maximum atomic E-state index is 12.5. The second-order valence-corrected chi connectivity index (χ2v) is 9.26. The Hall–Kier alpha value is -1.12. The molecule has 1 N–H and O–H groups in total. The highest BCUT2D eigenvalue weighted by molar-refractivity contribution is 9.10. The Labute approximate surface area is 151 Å². The number of benzene rings is 1. The number of carboxylic acids is 1. The van der Waals surface area contributed by atoms with Gasteiger partial charge in [0.1, 0.15) is 0 Å². The molecule has 1 unspecified atom stereocenters. The smallest absolute Gasteiger partial charge is 0.307 e. The van der Waals surface area contributed by atoms with Crippen LogP contribution in [0.5, 0.6) is 0 Å². The van der Waals surface area contributed by atoms with Crippen molar-refractivity contribution in [2.75, 3.05) is 36.8 Å². The van der Waals surface area contributed by atoms with E-state index in [1.807, 2.05) is 24.3 Å². The molecule has 0 bridgehead atoms. The van der Waals surface area contributed by atoms with E-state index in [0.29, 0.717) is 26.2 Å². The third-order valence-corrected chi connectivity index (χ3v) is 6.80. The van der Waals surface area contributed by atoms with Crippen LogP contribution in [-0.2, 0) is 14.8 Å². The Kier molecular flexibility index (Phi) is 6.28. The number of rotatable bonds is 6. The van der Waals surface area contributed by atoms with Gasteiger partial charge >= 0.3 is 5.97 Å². The number of carbonyl (C=O) groups is 1. The van der Waals surface area contributed by atoms with Gasteiger partial charge in [-0.05, 0) is 30.2 Å². The average Bonchev–Trinajstić information content (AvgIpc) is 2.53. The molecule has 0 amide bonds. The zero-order valence-electron chi connectivity index (χ0n) is 13.9. The largest absolute Gasteiger partial charge is 0.481 e. The lowest BCUT2D eigenvalue weighted by atomic mass is 9.98. The van der Waals surface area contributed by atoms with Gasteiger partial charge in [-0.3, -0.25) is 4.79 Å². The van der Waals surface area contributed by atoms with Gasteiger partial charge in [0.2, 0.25) is 10.0 Å². The molecule has 1 aromatic rings. The molecule has 0 radical (unpaired) electrons. The van der Waals surface area contributed by atoms with Gasteiger partial charge in [-0.1, -0.05) is 29.8 Å². The zero-order valence-corrected chi connectivity index (χ0v) is 16.3. The minimum Gasteiger partial charge on any atom is -0.481 e. The number of hydrogen-bond donors (Lipinski definition) is 1. The number of aliphatic carboxylic acids is 1. The molecule has 1 fully saturated rings. The van der Waals surface area contributed by atoms with E-state index in [4.69, 9.17) is 0 Å². The van der Waals surface area contributed by atoms with Crippen LogP contribution in [0.2, 0.25) is 0 Å². The Morgan fingerprint density at radius 1 is 1.17 bits per heavy atom. The van der Waals surface area contributed by atoms with Gasteiger partial charge in [0, 0.05) is 36.3 Å². The summed E-state index contributed by atoms with van der Waals surface area (Å²) in [5, 5.41) is 9.22. The molecule has 134 valence electrons. The van der Waals surface area contributed by atoms with E-state index < -0.39 is 21.9 Å². The molecule has 1 aliphatic heterocycles. The number of carboxylic acid groups (broad SMARTS) is 1. The second kappa shape index (κ2) is 7.84. The van der Waals surface area contributed by atoms with Crippen LogP contribution in [0.25, 0.3) is 0 Å². The number of halogens is 1. The number of piperazine rings is 1. The summed E-state index contributed by atoms with van der Waals surface area (Å²) in [5.41, 5.74) is 1.06. The molecule has 1 saturated heterocycles. The topological polar surface area (TPSA) is 77.9 Å². The molecule has 0 spiro atoms. The van der Waals surface area contributed by atoms with Crippen LogP contribution in [0.3, 0.4) is 0 Å². The van der Waals surface area contributed by atoms with E-state index in [-0.39, 0.29) is 11.7 Å². The van der Waals surface area contributed by atoms with E-state index in [9.17, 15) is 18.3 Å². The van der Waals surface area contributed by atoms with E-state index in [2.05, 4.69) is 20.8 Å². The molecule has 1 aromatic carbocycles. The summed E-state index contributed by atoms with van der Waals surface area (Å²) in [6.07, 6.45) is 0. The van der Waals surface area contributed by atoms with Gasteiger partial charge in [-0.25, -0.2) is 8.42 Å². The average molecular weight is 419 g/mol. The van der Waals surface area contributed by atoms with Crippen molar-refractivity contribution in [3.05, 3.63) is 28.7 Å². The SMILES string of the molecule is CC(C)C(CS(=O)(=O)N1CCN(c2ccc(Br)cc2)CC1)C(=O)O. The summed E-state index contributed by atoms with van der Waals surface area (Å²) in [4.78, 5) is 13.4. The monoisotopic (exact) mass is 418 g/mol. The summed E-state index contributed by atoms with van der Waals surface area (Å²) in [6.45, 7) is 5.42. The molecule has 6 nitrogen and oxygen atoms in total. The van der Waals surface area contributed by atoms with Crippen molar-refractivity contribution in [2.45, 2.75) is 13.8 Å². The third-order valence-electron chi connectivity index (χ3n) is 4.34. The Morgan fingerprint density at radius 3 is 2.17 bits per heavy atom. The highest BCUT2D eigenvalue weighted by atomic mass is 79.9. The molecule has 1 heterocycles. The van der Waals surface area contributed by atoms with Crippen LogP contribution in [0.1, 0.15) is 13.8 Å². The Bertz CT molecular complexity index is 668. The molecule has 8 heteroatoms. The van der Waals surface area contributed by atoms with Gasteiger partial charge in [-0.2, -0.15) is 4.31 Å². The minimum absolute atomic E-state index is 0.221. The second-order valence-electron chi connectivity index (χ2n) is 6.33. The molecular weight excluding hydrogens is 396 g/mol. The zero-order chi connectivity index (χ0) is 17.9. The maximum Gasteiger partial charge on any atom is 0.307 e. The fourth-order valence-corrected chi connectivity index (χ4v) is 4.93. The normalized spacial score (nSPS) is 17.9. The standard InChI is InChI=1S/C16H23BrN2O4S/c1-12(2)15(16(20)21)11-24(22,23)19-9-7-18(8-10-19)14-5-3-13(17)4-6-14/h3-6,12,15H,7-11H2,1-2H3,(H,20,21). The van der Waals surface area contributed by atoms with Crippen LogP contribution in [0, 0.1) is 11.8 Å². The van der Waals surface area contributed by atoms with Gasteiger partial charge in [0.05, 0.1) is 11.7 Å². The Balaban J connectivity index is 2.00. The first-order chi connectivity index (χ1) is 11.2. The van der Waals surface area contributed by atoms with Crippen molar-refractivity contribution in [1.29, 1.82) is 0 Å². The molecule has 1 aliphatic rings. The quantitative estimate of drug-likeness (QED) is 0.766. The first-order valence-electron chi connectivity index (χ1n) is 7.92. The van der Waals surface area contributed by atoms with E-state index >= 15 is 0 Å². The number of nitrogens with zero attached hydrogens (tertiary/aromatic N) is 2. The van der Waals surface area contributed by atoms with Crippen LogP contribution < -0.4 is 4.90 Å².